The predicted molar refractivity (Wildman–Crippen MR) is 111 cm³/mol. The van der Waals surface area contributed by atoms with Crippen LogP contribution in [-0.2, 0) is 4.79 Å². The molecule has 0 spiro atoms. The van der Waals surface area contributed by atoms with Crippen molar-refractivity contribution in [3.63, 3.8) is 0 Å². The summed E-state index contributed by atoms with van der Waals surface area (Å²) in [6.07, 6.45) is 1.56. The fraction of sp³-hybridized carbons (Fsp3) is 0.0455. The Morgan fingerprint density at radius 2 is 1.79 bits per heavy atom. The van der Waals surface area contributed by atoms with E-state index < -0.39 is 17.1 Å². The Balaban J connectivity index is 1.67. The molecule has 0 aromatic heterocycles. The van der Waals surface area contributed by atoms with Crippen LogP contribution in [0.2, 0.25) is 0 Å². The maximum Gasteiger partial charge on any atom is 0.344 e. The molecule has 1 fully saturated rings. The highest BCUT2D eigenvalue weighted by Crippen LogP contribution is 2.32. The first-order valence-electron chi connectivity index (χ1n) is 8.68. The molecule has 3 aromatic rings. The Bertz CT molecular complexity index is 1180. The summed E-state index contributed by atoms with van der Waals surface area (Å²) >= 11 is 0.819. The lowest BCUT2D eigenvalue weighted by atomic mass is 10.0. The molecule has 1 heterocycles. The number of amides is 2. The van der Waals surface area contributed by atoms with E-state index in [1.807, 2.05) is 30.3 Å². The highest BCUT2D eigenvalue weighted by molar-refractivity contribution is 8.18. The lowest BCUT2D eigenvalue weighted by Gasteiger charge is -2.11. The van der Waals surface area contributed by atoms with Crippen molar-refractivity contribution in [2.45, 2.75) is 0 Å². The molecule has 0 unspecified atom stereocenters. The zero-order chi connectivity index (χ0) is 20.4. The second-order valence-corrected chi connectivity index (χ2v) is 7.19. The van der Waals surface area contributed by atoms with Crippen molar-refractivity contribution in [3.05, 3.63) is 76.7 Å². The topological polar surface area (TPSA) is 81.7 Å². The maximum atomic E-state index is 12.8. The third-order valence-electron chi connectivity index (χ3n) is 4.34. The molecule has 0 saturated carbocycles. The third-order valence-corrected chi connectivity index (χ3v) is 5.15. The van der Waals surface area contributed by atoms with Gasteiger partial charge in [-0.05, 0) is 52.4 Å². The highest BCUT2D eigenvalue weighted by Gasteiger charge is 2.25. The van der Waals surface area contributed by atoms with E-state index in [2.05, 4.69) is 5.32 Å². The Labute approximate surface area is 170 Å². The summed E-state index contributed by atoms with van der Waals surface area (Å²) in [4.78, 5) is 36.2. The molecule has 1 aliphatic rings. The number of benzene rings is 3. The molecule has 2 amide bonds. The number of fused-ring (bicyclic) bond motifs is 1. The van der Waals surface area contributed by atoms with E-state index in [0.717, 1.165) is 22.5 Å². The monoisotopic (exact) mass is 405 g/mol. The fourth-order valence-corrected chi connectivity index (χ4v) is 3.68. The van der Waals surface area contributed by atoms with E-state index in [1.165, 1.54) is 7.11 Å². The molecule has 144 valence electrons. The van der Waals surface area contributed by atoms with Crippen LogP contribution in [0.25, 0.3) is 16.8 Å². The minimum atomic E-state index is -0.520. The predicted octanol–water partition coefficient (Wildman–Crippen LogP) is 4.39. The lowest BCUT2D eigenvalue weighted by Crippen LogP contribution is -2.17. The van der Waals surface area contributed by atoms with Gasteiger partial charge in [-0.3, -0.25) is 14.9 Å². The van der Waals surface area contributed by atoms with Gasteiger partial charge in [0.15, 0.2) is 11.5 Å². The van der Waals surface area contributed by atoms with Gasteiger partial charge in [0, 0.05) is 0 Å². The van der Waals surface area contributed by atoms with E-state index in [-0.39, 0.29) is 10.7 Å². The maximum absolute atomic E-state index is 12.8. The Morgan fingerprint density at radius 3 is 2.55 bits per heavy atom. The van der Waals surface area contributed by atoms with Crippen LogP contribution < -0.4 is 14.8 Å². The first-order valence-corrected chi connectivity index (χ1v) is 9.49. The number of imide groups is 1. The van der Waals surface area contributed by atoms with E-state index in [9.17, 15) is 14.4 Å². The zero-order valence-electron chi connectivity index (χ0n) is 15.3. The minimum absolute atomic E-state index is 0.217. The molecule has 29 heavy (non-hydrogen) atoms. The number of esters is 1. The van der Waals surface area contributed by atoms with E-state index in [4.69, 9.17) is 9.47 Å². The van der Waals surface area contributed by atoms with Crippen LogP contribution in [0.5, 0.6) is 11.5 Å². The summed E-state index contributed by atoms with van der Waals surface area (Å²) in [5.74, 6) is -0.381. The summed E-state index contributed by atoms with van der Waals surface area (Å²) in [6, 6.07) is 17.9. The Morgan fingerprint density at radius 1 is 1.00 bits per heavy atom. The normalized spacial score (nSPS) is 14.9. The average Bonchev–Trinajstić information content (AvgIpc) is 3.04. The van der Waals surface area contributed by atoms with Gasteiger partial charge in [-0.1, -0.05) is 42.5 Å². The van der Waals surface area contributed by atoms with Crippen molar-refractivity contribution in [2.24, 2.45) is 0 Å². The second-order valence-electron chi connectivity index (χ2n) is 6.18. The molecule has 7 heteroatoms. The fourth-order valence-electron chi connectivity index (χ4n) is 2.99. The molecule has 3 aromatic carbocycles. The van der Waals surface area contributed by atoms with Crippen molar-refractivity contribution in [3.8, 4) is 11.5 Å². The summed E-state index contributed by atoms with van der Waals surface area (Å²) < 4.78 is 10.9. The van der Waals surface area contributed by atoms with E-state index in [1.54, 1.807) is 36.4 Å². The molecule has 1 saturated heterocycles. The standard InChI is InChI=1S/C22H15NO5S/c1-27-17-10-9-13(12-19-20(24)23-22(26)29-19)11-18(17)28-21(25)16-8-4-6-14-5-2-3-7-15(14)16/h2-12H,1H3,(H,23,24,26)/b19-12-. The number of carbonyl (C=O) groups excluding carboxylic acids is 3. The van der Waals surface area contributed by atoms with Crippen LogP contribution in [0.3, 0.4) is 0 Å². The largest absolute Gasteiger partial charge is 0.493 e. The number of hydrogen-bond donors (Lipinski definition) is 1. The number of thioether (sulfide) groups is 1. The van der Waals surface area contributed by atoms with Crippen LogP contribution in [0.4, 0.5) is 4.79 Å². The van der Waals surface area contributed by atoms with Crippen molar-refractivity contribution in [1.82, 2.24) is 5.32 Å². The average molecular weight is 405 g/mol. The molecule has 1 N–H and O–H groups in total. The van der Waals surface area contributed by atoms with Crippen molar-refractivity contribution in [1.29, 1.82) is 0 Å². The van der Waals surface area contributed by atoms with Crippen molar-refractivity contribution < 1.29 is 23.9 Å². The number of hydrogen-bond acceptors (Lipinski definition) is 6. The quantitative estimate of drug-likeness (QED) is 0.394. The van der Waals surface area contributed by atoms with Gasteiger partial charge in [0.05, 0.1) is 17.6 Å². The minimum Gasteiger partial charge on any atom is -0.493 e. The number of nitrogens with one attached hydrogen (secondary N) is 1. The smallest absolute Gasteiger partial charge is 0.344 e. The van der Waals surface area contributed by atoms with Crippen molar-refractivity contribution in [2.75, 3.05) is 7.11 Å². The number of methoxy groups -OCH3 is 1. The van der Waals surface area contributed by atoms with Gasteiger partial charge in [-0.2, -0.15) is 0 Å². The lowest BCUT2D eigenvalue weighted by molar-refractivity contribution is -0.115. The summed E-state index contributed by atoms with van der Waals surface area (Å²) in [7, 11) is 1.47. The highest BCUT2D eigenvalue weighted by atomic mass is 32.2. The van der Waals surface area contributed by atoms with Crippen LogP contribution >= 0.6 is 11.8 Å². The van der Waals surface area contributed by atoms with Gasteiger partial charge in [0.2, 0.25) is 0 Å². The van der Waals surface area contributed by atoms with Crippen molar-refractivity contribution >= 4 is 45.7 Å². The molecular weight excluding hydrogens is 390 g/mol. The number of rotatable bonds is 4. The van der Waals surface area contributed by atoms with Gasteiger partial charge < -0.3 is 9.47 Å². The molecule has 0 radical (unpaired) electrons. The van der Waals surface area contributed by atoms with Crippen LogP contribution in [0.15, 0.2) is 65.6 Å². The van der Waals surface area contributed by atoms with Gasteiger partial charge >= 0.3 is 5.97 Å². The Kier molecular flexibility index (Phi) is 5.05. The van der Waals surface area contributed by atoms with Crippen LogP contribution in [0.1, 0.15) is 15.9 Å². The summed E-state index contributed by atoms with van der Waals surface area (Å²) in [5, 5.41) is 3.50. The number of ether oxygens (including phenoxy) is 2. The van der Waals surface area contributed by atoms with E-state index >= 15 is 0 Å². The summed E-state index contributed by atoms with van der Waals surface area (Å²) in [5.41, 5.74) is 1.03. The molecule has 4 rings (SSSR count). The van der Waals surface area contributed by atoms with Crippen LogP contribution in [0, 0.1) is 0 Å². The molecular formula is C22H15NO5S. The van der Waals surface area contributed by atoms with Gasteiger partial charge in [0.25, 0.3) is 11.1 Å². The second kappa shape index (κ2) is 7.81. The molecule has 0 bridgehead atoms. The Hall–Kier alpha value is -3.58. The molecule has 0 atom stereocenters. The first kappa shape index (κ1) is 18.8. The van der Waals surface area contributed by atoms with E-state index in [0.29, 0.717) is 16.9 Å². The number of carbonyl (C=O) groups is 3. The summed E-state index contributed by atoms with van der Waals surface area (Å²) in [6.45, 7) is 0. The molecule has 6 nitrogen and oxygen atoms in total. The van der Waals surface area contributed by atoms with Gasteiger partial charge in [-0.15, -0.1) is 0 Å². The molecule has 0 aliphatic carbocycles. The van der Waals surface area contributed by atoms with Gasteiger partial charge in [0.1, 0.15) is 0 Å². The van der Waals surface area contributed by atoms with Crippen LogP contribution in [-0.4, -0.2) is 24.2 Å². The van der Waals surface area contributed by atoms with Gasteiger partial charge in [-0.25, -0.2) is 4.79 Å². The zero-order valence-corrected chi connectivity index (χ0v) is 16.1. The first-order chi connectivity index (χ1) is 14.0. The third kappa shape index (κ3) is 3.86. The SMILES string of the molecule is COc1ccc(/C=C2\SC(=O)NC2=O)cc1OC(=O)c1cccc2ccccc12. The molecule has 1 aliphatic heterocycles.